The number of aliphatic hydroxyl groups excluding tert-OH is 1. The Balaban J connectivity index is 1.85. The lowest BCUT2D eigenvalue weighted by Crippen LogP contribution is -2.02. The van der Waals surface area contributed by atoms with Gasteiger partial charge in [0.2, 0.25) is 0 Å². The average molecular weight is 324 g/mol. The van der Waals surface area contributed by atoms with Gasteiger partial charge in [0.1, 0.15) is 5.82 Å². The average Bonchev–Trinajstić information content (AvgIpc) is 2.69. The van der Waals surface area contributed by atoms with Crippen molar-refractivity contribution in [1.82, 2.24) is 14.8 Å². The monoisotopic (exact) mass is 323 g/mol. The molecule has 2 aromatic rings. The third-order valence-electron chi connectivity index (χ3n) is 3.72. The highest BCUT2D eigenvalue weighted by Gasteiger charge is 2.17. The molecule has 0 aliphatic carbocycles. The van der Waals surface area contributed by atoms with Crippen LogP contribution in [0, 0.1) is 0 Å². The van der Waals surface area contributed by atoms with Crippen LogP contribution in [-0.4, -0.2) is 19.9 Å². The van der Waals surface area contributed by atoms with Gasteiger partial charge in [0.15, 0.2) is 5.16 Å². The van der Waals surface area contributed by atoms with Crippen molar-refractivity contribution in [2.75, 3.05) is 0 Å². The summed E-state index contributed by atoms with van der Waals surface area (Å²) in [5, 5.41) is 19.7. The molecule has 112 valence electrons. The largest absolute Gasteiger partial charge is 0.389 e. The molecule has 1 aromatic carbocycles. The molecule has 1 aromatic heterocycles. The second kappa shape index (κ2) is 6.38. The first-order valence-electron chi connectivity index (χ1n) is 7.22. The van der Waals surface area contributed by atoms with E-state index in [0.717, 1.165) is 34.4 Å². The van der Waals surface area contributed by atoms with Gasteiger partial charge >= 0.3 is 0 Å². The molecule has 0 amide bonds. The van der Waals surface area contributed by atoms with Gasteiger partial charge in [-0.3, -0.25) is 0 Å². The fourth-order valence-corrected chi connectivity index (χ4v) is 3.67. The molecule has 1 N–H and O–H groups in total. The van der Waals surface area contributed by atoms with Crippen molar-refractivity contribution in [2.24, 2.45) is 0 Å². The number of aromatic nitrogens is 3. The summed E-state index contributed by atoms with van der Waals surface area (Å²) in [6.07, 6.45) is 4.10. The Labute approximate surface area is 133 Å². The highest BCUT2D eigenvalue weighted by atomic mass is 35.5. The molecular formula is C15H18ClN3OS. The molecule has 0 radical (unpaired) electrons. The number of hydrogen-bond acceptors (Lipinski definition) is 4. The standard InChI is InChI=1S/C15H18ClN3OS/c1-10(20)11-6-7-13(12(16)9-11)21-15-18-17-14-5-3-2-4-8-19(14)15/h6-7,9-10,20H,2-5,8H2,1H3/t10-/m0/s1. The quantitative estimate of drug-likeness (QED) is 0.931. The minimum Gasteiger partial charge on any atom is -0.389 e. The molecule has 0 bridgehead atoms. The summed E-state index contributed by atoms with van der Waals surface area (Å²) >= 11 is 7.86. The van der Waals surface area contributed by atoms with Crippen LogP contribution in [0.5, 0.6) is 0 Å². The second-order valence-corrected chi connectivity index (χ2v) is 6.75. The highest BCUT2D eigenvalue weighted by Crippen LogP contribution is 2.34. The van der Waals surface area contributed by atoms with E-state index in [1.165, 1.54) is 19.3 Å². The molecule has 2 heterocycles. The van der Waals surface area contributed by atoms with E-state index in [1.54, 1.807) is 18.7 Å². The fourth-order valence-electron chi connectivity index (χ4n) is 2.49. The van der Waals surface area contributed by atoms with E-state index in [2.05, 4.69) is 14.8 Å². The molecule has 21 heavy (non-hydrogen) atoms. The Morgan fingerprint density at radius 3 is 2.90 bits per heavy atom. The van der Waals surface area contributed by atoms with Crippen LogP contribution < -0.4 is 0 Å². The molecule has 0 unspecified atom stereocenters. The smallest absolute Gasteiger partial charge is 0.196 e. The van der Waals surface area contributed by atoms with Gasteiger partial charge in [0.05, 0.1) is 11.1 Å². The molecule has 6 heteroatoms. The van der Waals surface area contributed by atoms with Crippen LogP contribution in [0.1, 0.15) is 43.7 Å². The molecule has 1 aliphatic heterocycles. The highest BCUT2D eigenvalue weighted by molar-refractivity contribution is 7.99. The lowest BCUT2D eigenvalue weighted by molar-refractivity contribution is 0.199. The summed E-state index contributed by atoms with van der Waals surface area (Å²) in [5.74, 6) is 1.08. The fraction of sp³-hybridized carbons (Fsp3) is 0.467. The van der Waals surface area contributed by atoms with E-state index in [9.17, 15) is 5.11 Å². The van der Waals surface area contributed by atoms with Crippen LogP contribution in [-0.2, 0) is 13.0 Å². The Hall–Kier alpha value is -1.04. The Morgan fingerprint density at radius 1 is 1.29 bits per heavy atom. The summed E-state index contributed by atoms with van der Waals surface area (Å²) in [4.78, 5) is 0.945. The van der Waals surface area contributed by atoms with Crippen LogP contribution in [0.3, 0.4) is 0 Å². The molecule has 1 atom stereocenters. The van der Waals surface area contributed by atoms with Gasteiger partial charge in [0.25, 0.3) is 0 Å². The zero-order valence-corrected chi connectivity index (χ0v) is 13.5. The first-order valence-corrected chi connectivity index (χ1v) is 8.42. The van der Waals surface area contributed by atoms with Gasteiger partial charge in [0, 0.05) is 17.9 Å². The molecule has 0 fully saturated rings. The third kappa shape index (κ3) is 3.25. The van der Waals surface area contributed by atoms with Crippen molar-refractivity contribution in [1.29, 1.82) is 0 Å². The number of halogens is 1. The van der Waals surface area contributed by atoms with Crippen molar-refractivity contribution >= 4 is 23.4 Å². The lowest BCUT2D eigenvalue weighted by Gasteiger charge is -2.10. The van der Waals surface area contributed by atoms with Crippen LogP contribution >= 0.6 is 23.4 Å². The topological polar surface area (TPSA) is 50.9 Å². The molecule has 0 saturated heterocycles. The number of rotatable bonds is 3. The first kappa shape index (κ1) is 14.9. The van der Waals surface area contributed by atoms with Gasteiger partial charge < -0.3 is 9.67 Å². The minimum atomic E-state index is -0.508. The van der Waals surface area contributed by atoms with E-state index in [1.807, 2.05) is 18.2 Å². The summed E-state index contributed by atoms with van der Waals surface area (Å²) < 4.78 is 2.20. The van der Waals surface area contributed by atoms with E-state index >= 15 is 0 Å². The molecule has 3 rings (SSSR count). The normalized spacial score (nSPS) is 16.3. The SMILES string of the molecule is C[C@H](O)c1ccc(Sc2nnc3n2CCCCC3)c(Cl)c1. The van der Waals surface area contributed by atoms with Gasteiger partial charge in [-0.25, -0.2) is 0 Å². The summed E-state index contributed by atoms with van der Waals surface area (Å²) in [6.45, 7) is 2.71. The van der Waals surface area contributed by atoms with Crippen molar-refractivity contribution in [3.8, 4) is 0 Å². The van der Waals surface area contributed by atoms with Crippen LogP contribution in [0.2, 0.25) is 5.02 Å². The van der Waals surface area contributed by atoms with Crippen LogP contribution in [0.15, 0.2) is 28.3 Å². The van der Waals surface area contributed by atoms with Gasteiger partial charge in [-0.1, -0.05) is 24.1 Å². The van der Waals surface area contributed by atoms with Crippen molar-refractivity contribution < 1.29 is 5.11 Å². The van der Waals surface area contributed by atoms with Crippen molar-refractivity contribution in [3.63, 3.8) is 0 Å². The van der Waals surface area contributed by atoms with Crippen molar-refractivity contribution in [3.05, 3.63) is 34.6 Å². The summed E-state index contributed by atoms with van der Waals surface area (Å²) in [5.41, 5.74) is 0.824. The summed E-state index contributed by atoms with van der Waals surface area (Å²) in [7, 11) is 0. The molecular weight excluding hydrogens is 306 g/mol. The lowest BCUT2D eigenvalue weighted by atomic mass is 10.1. The second-order valence-electron chi connectivity index (χ2n) is 5.33. The van der Waals surface area contributed by atoms with E-state index in [-0.39, 0.29) is 0 Å². The van der Waals surface area contributed by atoms with E-state index in [0.29, 0.717) is 5.02 Å². The predicted molar refractivity (Wildman–Crippen MR) is 83.8 cm³/mol. The van der Waals surface area contributed by atoms with Gasteiger partial charge in [-0.15, -0.1) is 10.2 Å². The van der Waals surface area contributed by atoms with Crippen LogP contribution in [0.4, 0.5) is 0 Å². The number of aliphatic hydroxyl groups is 1. The number of nitrogens with zero attached hydrogens (tertiary/aromatic N) is 3. The molecule has 1 aliphatic rings. The third-order valence-corrected chi connectivity index (χ3v) is 5.20. The van der Waals surface area contributed by atoms with Crippen LogP contribution in [0.25, 0.3) is 0 Å². The van der Waals surface area contributed by atoms with E-state index in [4.69, 9.17) is 11.6 Å². The first-order chi connectivity index (χ1) is 10.1. The number of hydrogen-bond donors (Lipinski definition) is 1. The maximum Gasteiger partial charge on any atom is 0.196 e. The zero-order valence-electron chi connectivity index (χ0n) is 11.9. The number of aryl methyl sites for hydroxylation is 1. The minimum absolute atomic E-state index is 0.508. The Bertz CT molecular complexity index is 642. The molecule has 0 spiro atoms. The predicted octanol–water partition coefficient (Wildman–Crippen LogP) is 3.86. The number of benzene rings is 1. The van der Waals surface area contributed by atoms with Gasteiger partial charge in [-0.2, -0.15) is 0 Å². The maximum atomic E-state index is 9.59. The maximum absolute atomic E-state index is 9.59. The summed E-state index contributed by atoms with van der Waals surface area (Å²) in [6, 6.07) is 5.65. The number of fused-ring (bicyclic) bond motifs is 1. The molecule has 4 nitrogen and oxygen atoms in total. The van der Waals surface area contributed by atoms with Gasteiger partial charge in [-0.05, 0) is 49.2 Å². The Morgan fingerprint density at radius 2 is 2.14 bits per heavy atom. The molecule has 0 saturated carbocycles. The zero-order chi connectivity index (χ0) is 14.8. The van der Waals surface area contributed by atoms with E-state index < -0.39 is 6.10 Å². The Kier molecular flexibility index (Phi) is 4.52. The van der Waals surface area contributed by atoms with Crippen molar-refractivity contribution in [2.45, 2.75) is 55.3 Å².